The molecule has 0 aliphatic rings. The summed E-state index contributed by atoms with van der Waals surface area (Å²) in [5.74, 6) is 1.22. The molecule has 3 aromatic rings. The number of aromatic amines is 1. The van der Waals surface area contributed by atoms with E-state index < -0.39 is 0 Å². The molecule has 1 aromatic heterocycles. The number of hydrogen-bond acceptors (Lipinski definition) is 3. The number of methoxy groups -OCH3 is 2. The molecule has 136 valence electrons. The highest BCUT2D eigenvalue weighted by Crippen LogP contribution is 2.34. The topological polar surface area (TPSA) is 54.6 Å². The molecule has 1 amide bonds. The highest BCUT2D eigenvalue weighted by atomic mass is 16.5. The summed E-state index contributed by atoms with van der Waals surface area (Å²) in [4.78, 5) is 18.3. The van der Waals surface area contributed by atoms with Gasteiger partial charge >= 0.3 is 0 Å². The van der Waals surface area contributed by atoms with Gasteiger partial charge in [0.2, 0.25) is 0 Å². The Morgan fingerprint density at radius 2 is 1.73 bits per heavy atom. The van der Waals surface area contributed by atoms with Gasteiger partial charge in [0.05, 0.1) is 25.3 Å². The predicted octanol–water partition coefficient (Wildman–Crippen LogP) is 4.24. The molecule has 2 aromatic carbocycles. The predicted molar refractivity (Wildman–Crippen MR) is 103 cm³/mol. The second-order valence-corrected chi connectivity index (χ2v) is 6.47. The fourth-order valence-corrected chi connectivity index (χ4v) is 3.05. The van der Waals surface area contributed by atoms with Crippen molar-refractivity contribution in [3.05, 3.63) is 59.8 Å². The fourth-order valence-electron chi connectivity index (χ4n) is 3.05. The van der Waals surface area contributed by atoms with Crippen molar-refractivity contribution in [1.29, 1.82) is 0 Å². The molecule has 3 rings (SSSR count). The summed E-state index contributed by atoms with van der Waals surface area (Å²) in [5, 5.41) is 0.825. The number of nitrogens with zero attached hydrogens (tertiary/aromatic N) is 1. The lowest BCUT2D eigenvalue weighted by atomic mass is 10.1. The third-order valence-corrected chi connectivity index (χ3v) is 4.50. The van der Waals surface area contributed by atoms with E-state index in [1.807, 2.05) is 61.2 Å². The summed E-state index contributed by atoms with van der Waals surface area (Å²) in [6.45, 7) is 4.62. The Morgan fingerprint density at radius 1 is 1.08 bits per heavy atom. The number of aromatic nitrogens is 1. The zero-order valence-corrected chi connectivity index (χ0v) is 15.6. The Balaban J connectivity index is 1.99. The van der Waals surface area contributed by atoms with E-state index in [1.165, 1.54) is 0 Å². The molecule has 0 spiro atoms. The van der Waals surface area contributed by atoms with Crippen molar-refractivity contribution >= 4 is 16.8 Å². The number of fused-ring (bicyclic) bond motifs is 1. The lowest BCUT2D eigenvalue weighted by Gasteiger charge is -2.27. The van der Waals surface area contributed by atoms with E-state index in [2.05, 4.69) is 4.98 Å². The van der Waals surface area contributed by atoms with Crippen LogP contribution in [0.5, 0.6) is 11.5 Å². The maximum atomic E-state index is 13.3. The van der Waals surface area contributed by atoms with E-state index in [-0.39, 0.29) is 11.9 Å². The molecular weight excluding hydrogens is 328 g/mol. The second kappa shape index (κ2) is 7.52. The minimum atomic E-state index is -0.0117. The van der Waals surface area contributed by atoms with Crippen LogP contribution in [0, 0.1) is 0 Å². The first kappa shape index (κ1) is 17.9. The normalized spacial score (nSPS) is 11.0. The average molecular weight is 352 g/mol. The number of carbonyl (C=O) groups is 1. The summed E-state index contributed by atoms with van der Waals surface area (Å²) < 4.78 is 10.7. The maximum Gasteiger partial charge on any atom is 0.256 e. The summed E-state index contributed by atoms with van der Waals surface area (Å²) >= 11 is 0. The van der Waals surface area contributed by atoms with Crippen molar-refractivity contribution < 1.29 is 14.3 Å². The van der Waals surface area contributed by atoms with Crippen molar-refractivity contribution in [1.82, 2.24) is 9.88 Å². The van der Waals surface area contributed by atoms with Crippen molar-refractivity contribution in [2.24, 2.45) is 0 Å². The minimum absolute atomic E-state index is 0.0117. The van der Waals surface area contributed by atoms with Crippen LogP contribution in [-0.4, -0.2) is 36.1 Å². The van der Waals surface area contributed by atoms with E-state index in [1.54, 1.807) is 20.4 Å². The Labute approximate surface area is 153 Å². The minimum Gasteiger partial charge on any atom is -0.493 e. The summed E-state index contributed by atoms with van der Waals surface area (Å²) in [5.41, 5.74) is 2.58. The molecule has 0 atom stereocenters. The Bertz CT molecular complexity index is 900. The van der Waals surface area contributed by atoms with Gasteiger partial charge in [0, 0.05) is 30.2 Å². The van der Waals surface area contributed by atoms with Gasteiger partial charge < -0.3 is 19.4 Å². The molecule has 0 fully saturated rings. The van der Waals surface area contributed by atoms with Crippen LogP contribution in [0.1, 0.15) is 29.8 Å². The van der Waals surface area contributed by atoms with Crippen LogP contribution in [0.15, 0.2) is 48.7 Å². The molecule has 0 saturated carbocycles. The van der Waals surface area contributed by atoms with Crippen LogP contribution in [0.2, 0.25) is 0 Å². The van der Waals surface area contributed by atoms with Crippen molar-refractivity contribution in [3.63, 3.8) is 0 Å². The number of ether oxygens (including phenoxy) is 2. The molecule has 0 bridgehead atoms. The van der Waals surface area contributed by atoms with Crippen molar-refractivity contribution in [2.75, 3.05) is 14.2 Å². The van der Waals surface area contributed by atoms with Gasteiger partial charge in [-0.25, -0.2) is 0 Å². The third kappa shape index (κ3) is 3.38. The molecule has 26 heavy (non-hydrogen) atoms. The van der Waals surface area contributed by atoms with Crippen LogP contribution >= 0.6 is 0 Å². The van der Waals surface area contributed by atoms with Crippen LogP contribution in [0.25, 0.3) is 10.9 Å². The van der Waals surface area contributed by atoms with E-state index in [4.69, 9.17) is 9.47 Å². The lowest BCUT2D eigenvalue weighted by molar-refractivity contribution is 0.0692. The fraction of sp³-hybridized carbons (Fsp3) is 0.286. The van der Waals surface area contributed by atoms with E-state index in [9.17, 15) is 4.79 Å². The molecule has 5 nitrogen and oxygen atoms in total. The standard InChI is InChI=1S/C21H24N2O3/c1-14(2)23(13-15-8-6-5-7-9-15)21(24)17-12-22-18-11-20(26-4)19(25-3)10-16(17)18/h5-12,14,22H,13H2,1-4H3. The first-order valence-corrected chi connectivity index (χ1v) is 8.63. The Kier molecular flexibility index (Phi) is 5.16. The number of carbonyl (C=O) groups excluding carboxylic acids is 1. The molecule has 0 aliphatic heterocycles. The largest absolute Gasteiger partial charge is 0.493 e. The van der Waals surface area contributed by atoms with Crippen LogP contribution in [0.3, 0.4) is 0 Å². The number of amides is 1. The molecule has 0 aliphatic carbocycles. The third-order valence-electron chi connectivity index (χ3n) is 4.50. The summed E-state index contributed by atoms with van der Waals surface area (Å²) in [6.07, 6.45) is 1.76. The summed E-state index contributed by atoms with van der Waals surface area (Å²) in [7, 11) is 3.19. The van der Waals surface area contributed by atoms with Gasteiger partial charge in [0.1, 0.15) is 0 Å². The van der Waals surface area contributed by atoms with Gasteiger partial charge in [0.15, 0.2) is 11.5 Å². The SMILES string of the molecule is COc1cc2[nH]cc(C(=O)N(Cc3ccccc3)C(C)C)c2cc1OC. The highest BCUT2D eigenvalue weighted by Gasteiger charge is 2.23. The van der Waals surface area contributed by atoms with Crippen LogP contribution in [0.4, 0.5) is 0 Å². The number of rotatable bonds is 6. The van der Waals surface area contributed by atoms with E-state index >= 15 is 0 Å². The Morgan fingerprint density at radius 3 is 2.35 bits per heavy atom. The highest BCUT2D eigenvalue weighted by molar-refractivity contribution is 6.07. The van der Waals surface area contributed by atoms with Gasteiger partial charge in [-0.3, -0.25) is 4.79 Å². The smallest absolute Gasteiger partial charge is 0.256 e. The Hall–Kier alpha value is -2.95. The maximum absolute atomic E-state index is 13.3. The van der Waals surface area contributed by atoms with E-state index in [0.717, 1.165) is 16.5 Å². The van der Waals surface area contributed by atoms with Crippen molar-refractivity contribution in [2.45, 2.75) is 26.4 Å². The molecule has 1 N–H and O–H groups in total. The van der Waals surface area contributed by atoms with Gasteiger partial charge in [-0.05, 0) is 25.5 Å². The molecular formula is C21H24N2O3. The molecule has 0 saturated heterocycles. The average Bonchev–Trinajstić information content (AvgIpc) is 3.07. The van der Waals surface area contributed by atoms with Gasteiger partial charge in [0.25, 0.3) is 5.91 Å². The van der Waals surface area contributed by atoms with Gasteiger partial charge in [-0.2, -0.15) is 0 Å². The molecule has 5 heteroatoms. The quantitative estimate of drug-likeness (QED) is 0.722. The van der Waals surface area contributed by atoms with Crippen molar-refractivity contribution in [3.8, 4) is 11.5 Å². The number of hydrogen-bond donors (Lipinski definition) is 1. The second-order valence-electron chi connectivity index (χ2n) is 6.47. The number of benzene rings is 2. The number of H-pyrrole nitrogens is 1. The lowest BCUT2D eigenvalue weighted by Crippen LogP contribution is -2.36. The zero-order chi connectivity index (χ0) is 18.7. The molecule has 0 unspecified atom stereocenters. The van der Waals surface area contributed by atoms with Gasteiger partial charge in [-0.15, -0.1) is 0 Å². The van der Waals surface area contributed by atoms with E-state index in [0.29, 0.717) is 23.6 Å². The first-order chi connectivity index (χ1) is 12.5. The summed E-state index contributed by atoms with van der Waals surface area (Å²) in [6, 6.07) is 13.8. The molecule has 1 heterocycles. The zero-order valence-electron chi connectivity index (χ0n) is 15.6. The van der Waals surface area contributed by atoms with Gasteiger partial charge in [-0.1, -0.05) is 30.3 Å². The first-order valence-electron chi connectivity index (χ1n) is 8.63. The molecule has 0 radical (unpaired) electrons. The van der Waals surface area contributed by atoms with Crippen LogP contribution < -0.4 is 9.47 Å². The number of nitrogens with one attached hydrogen (secondary N) is 1. The van der Waals surface area contributed by atoms with Crippen LogP contribution in [-0.2, 0) is 6.54 Å². The monoisotopic (exact) mass is 352 g/mol.